The van der Waals surface area contributed by atoms with Crippen LogP contribution in [0, 0.1) is 11.3 Å². The lowest BCUT2D eigenvalue weighted by Gasteiger charge is -2.11. The third kappa shape index (κ3) is 5.37. The zero-order valence-electron chi connectivity index (χ0n) is 15.6. The summed E-state index contributed by atoms with van der Waals surface area (Å²) in [6.45, 7) is 1.94. The molecule has 0 radical (unpaired) electrons. The number of nitrogens with one attached hydrogen (secondary N) is 2. The first-order valence-corrected chi connectivity index (χ1v) is 11.4. The molecule has 1 heterocycles. The molecule has 0 aliphatic carbocycles. The number of hydrogen-bond donors (Lipinski definition) is 2. The van der Waals surface area contributed by atoms with Crippen LogP contribution in [0.3, 0.4) is 0 Å². The minimum atomic E-state index is -3.71. The molecule has 2 amide bonds. The molecule has 0 bridgehead atoms. The molecule has 0 fully saturated rings. The van der Waals surface area contributed by atoms with E-state index in [9.17, 15) is 18.0 Å². The quantitative estimate of drug-likeness (QED) is 0.754. The summed E-state index contributed by atoms with van der Waals surface area (Å²) in [5.41, 5.74) is 1.31. The van der Waals surface area contributed by atoms with Crippen LogP contribution in [0.1, 0.15) is 25.3 Å². The van der Waals surface area contributed by atoms with Crippen LogP contribution in [0.4, 0.5) is 11.4 Å². The summed E-state index contributed by atoms with van der Waals surface area (Å²) in [5.74, 6) is -0.985. The van der Waals surface area contributed by atoms with Gasteiger partial charge in [-0.3, -0.25) is 9.59 Å². The fourth-order valence-corrected chi connectivity index (χ4v) is 5.17. The molecule has 3 rings (SSSR count). The van der Waals surface area contributed by atoms with Gasteiger partial charge in [-0.05, 0) is 36.4 Å². The summed E-state index contributed by atoms with van der Waals surface area (Å²) in [6, 6.07) is 13.0. The number of anilines is 2. The van der Waals surface area contributed by atoms with Gasteiger partial charge in [-0.2, -0.15) is 5.26 Å². The molecule has 1 aliphatic rings. The van der Waals surface area contributed by atoms with Crippen LogP contribution >= 0.6 is 11.8 Å². The van der Waals surface area contributed by atoms with E-state index in [1.807, 2.05) is 13.0 Å². The average Bonchev–Trinajstić information content (AvgIpc) is 2.82. The van der Waals surface area contributed by atoms with E-state index in [0.717, 1.165) is 4.90 Å². The first-order chi connectivity index (χ1) is 13.8. The first kappa shape index (κ1) is 20.9. The molecule has 0 saturated carbocycles. The number of carbonyl (C=O) groups excluding carboxylic acids is 2. The largest absolute Gasteiger partial charge is 0.326 e. The van der Waals surface area contributed by atoms with Crippen LogP contribution in [0.5, 0.6) is 0 Å². The lowest BCUT2D eigenvalue weighted by molar-refractivity contribution is -0.116. The normalized spacial score (nSPS) is 16.1. The second-order valence-electron chi connectivity index (χ2n) is 6.65. The summed E-state index contributed by atoms with van der Waals surface area (Å²) in [5, 5.41) is 14.3. The Morgan fingerprint density at radius 1 is 1.31 bits per heavy atom. The number of nitriles is 1. The fraction of sp³-hybridized carbons (Fsp3) is 0.250. The highest BCUT2D eigenvalue weighted by molar-refractivity contribution is 8.00. The Balaban J connectivity index is 1.69. The van der Waals surface area contributed by atoms with Gasteiger partial charge in [0.1, 0.15) is 0 Å². The van der Waals surface area contributed by atoms with Gasteiger partial charge in [-0.15, -0.1) is 11.8 Å². The van der Waals surface area contributed by atoms with Gasteiger partial charge < -0.3 is 10.6 Å². The van der Waals surface area contributed by atoms with Gasteiger partial charge in [0.05, 0.1) is 28.0 Å². The minimum absolute atomic E-state index is 0.0611. The van der Waals surface area contributed by atoms with Gasteiger partial charge in [-0.25, -0.2) is 8.42 Å². The van der Waals surface area contributed by atoms with Gasteiger partial charge in [-0.1, -0.05) is 13.0 Å². The molecule has 1 aliphatic heterocycles. The molecule has 7 nitrogen and oxygen atoms in total. The summed E-state index contributed by atoms with van der Waals surface area (Å²) in [6.07, 6.45) is 0.128. The number of carbonyl (C=O) groups is 2. The summed E-state index contributed by atoms with van der Waals surface area (Å²) in [4.78, 5) is 24.9. The van der Waals surface area contributed by atoms with Crippen molar-refractivity contribution in [2.45, 2.75) is 34.8 Å². The van der Waals surface area contributed by atoms with Crippen LogP contribution < -0.4 is 10.6 Å². The monoisotopic (exact) mass is 429 g/mol. The molecule has 0 spiro atoms. The van der Waals surface area contributed by atoms with Crippen LogP contribution in [-0.4, -0.2) is 31.2 Å². The SMILES string of the molecule is CC1CC(=O)Nc2cc(S(=O)(=O)CCC(=O)Nc3cccc(C#N)c3)ccc2S1. The van der Waals surface area contributed by atoms with Crippen molar-refractivity contribution in [2.75, 3.05) is 16.4 Å². The summed E-state index contributed by atoms with van der Waals surface area (Å²) in [7, 11) is -3.71. The Bertz CT molecular complexity index is 1110. The van der Waals surface area contributed by atoms with Gasteiger partial charge in [0.25, 0.3) is 0 Å². The van der Waals surface area contributed by atoms with E-state index in [4.69, 9.17) is 5.26 Å². The number of nitrogens with zero attached hydrogens (tertiary/aromatic N) is 1. The maximum absolute atomic E-state index is 12.7. The first-order valence-electron chi connectivity index (χ1n) is 8.90. The van der Waals surface area contributed by atoms with Crippen molar-refractivity contribution in [1.29, 1.82) is 5.26 Å². The summed E-state index contributed by atoms with van der Waals surface area (Å²) >= 11 is 1.51. The van der Waals surface area contributed by atoms with Crippen molar-refractivity contribution in [3.05, 3.63) is 48.0 Å². The molecule has 0 saturated heterocycles. The minimum Gasteiger partial charge on any atom is -0.326 e. The molecular formula is C20H19N3O4S2. The predicted octanol–water partition coefficient (Wildman–Crippen LogP) is 3.18. The van der Waals surface area contributed by atoms with Crippen molar-refractivity contribution in [1.82, 2.24) is 0 Å². The Kier molecular flexibility index (Phi) is 6.25. The van der Waals surface area contributed by atoms with E-state index in [1.54, 1.807) is 24.3 Å². The lowest BCUT2D eigenvalue weighted by Crippen LogP contribution is -2.18. The second kappa shape index (κ2) is 8.68. The van der Waals surface area contributed by atoms with Crippen LogP contribution in [0.25, 0.3) is 0 Å². The smallest absolute Gasteiger partial charge is 0.225 e. The van der Waals surface area contributed by atoms with Gasteiger partial charge in [0.2, 0.25) is 11.8 Å². The topological polar surface area (TPSA) is 116 Å². The maximum Gasteiger partial charge on any atom is 0.225 e. The Labute approximate surface area is 173 Å². The van der Waals surface area contributed by atoms with Gasteiger partial charge in [0, 0.05) is 28.7 Å². The average molecular weight is 430 g/mol. The zero-order chi connectivity index (χ0) is 21.0. The molecule has 1 atom stereocenters. The van der Waals surface area contributed by atoms with Crippen LogP contribution in [0.2, 0.25) is 0 Å². The highest BCUT2D eigenvalue weighted by Crippen LogP contribution is 2.36. The molecule has 2 aromatic carbocycles. The predicted molar refractivity (Wildman–Crippen MR) is 111 cm³/mol. The van der Waals surface area contributed by atoms with E-state index in [1.165, 1.54) is 30.0 Å². The van der Waals surface area contributed by atoms with Crippen molar-refractivity contribution in [3.63, 3.8) is 0 Å². The van der Waals surface area contributed by atoms with E-state index in [2.05, 4.69) is 10.6 Å². The number of amides is 2. The van der Waals surface area contributed by atoms with E-state index >= 15 is 0 Å². The highest BCUT2D eigenvalue weighted by Gasteiger charge is 2.23. The zero-order valence-corrected chi connectivity index (χ0v) is 17.3. The van der Waals surface area contributed by atoms with Crippen molar-refractivity contribution >= 4 is 44.8 Å². The van der Waals surface area contributed by atoms with E-state index in [0.29, 0.717) is 23.4 Å². The number of thioether (sulfide) groups is 1. The third-order valence-electron chi connectivity index (χ3n) is 4.26. The Morgan fingerprint density at radius 3 is 2.86 bits per heavy atom. The second-order valence-corrected chi connectivity index (χ2v) is 10.2. The standard InChI is InChI=1S/C20H19N3O4S2/c1-13-9-20(25)23-17-11-16(5-6-18(17)28-13)29(26,27)8-7-19(24)22-15-4-2-3-14(10-15)12-21/h2-6,10-11,13H,7-9H2,1H3,(H,22,24)(H,23,25). The molecular weight excluding hydrogens is 410 g/mol. The Hall–Kier alpha value is -2.83. The number of sulfone groups is 1. The number of benzene rings is 2. The third-order valence-corrected chi connectivity index (χ3v) is 7.15. The number of fused-ring (bicyclic) bond motifs is 1. The van der Waals surface area contributed by atoms with Gasteiger partial charge >= 0.3 is 0 Å². The van der Waals surface area contributed by atoms with Crippen molar-refractivity contribution in [2.24, 2.45) is 0 Å². The highest BCUT2D eigenvalue weighted by atomic mass is 32.2. The number of rotatable bonds is 5. The van der Waals surface area contributed by atoms with Gasteiger partial charge in [0.15, 0.2) is 9.84 Å². The van der Waals surface area contributed by atoms with Crippen LogP contribution in [0.15, 0.2) is 52.3 Å². The lowest BCUT2D eigenvalue weighted by atomic mass is 10.2. The maximum atomic E-state index is 12.7. The van der Waals surface area contributed by atoms with E-state index < -0.39 is 15.7 Å². The number of hydrogen-bond acceptors (Lipinski definition) is 6. The molecule has 1 unspecified atom stereocenters. The molecule has 2 aromatic rings. The van der Waals surface area contributed by atoms with Crippen molar-refractivity contribution in [3.8, 4) is 6.07 Å². The van der Waals surface area contributed by atoms with E-state index in [-0.39, 0.29) is 28.2 Å². The molecule has 2 N–H and O–H groups in total. The summed E-state index contributed by atoms with van der Waals surface area (Å²) < 4.78 is 25.3. The molecule has 150 valence electrons. The van der Waals surface area contributed by atoms with Crippen LogP contribution in [-0.2, 0) is 19.4 Å². The Morgan fingerprint density at radius 2 is 2.10 bits per heavy atom. The fourth-order valence-electron chi connectivity index (χ4n) is 2.86. The molecule has 9 heteroatoms. The molecule has 29 heavy (non-hydrogen) atoms. The van der Waals surface area contributed by atoms with Crippen molar-refractivity contribution < 1.29 is 18.0 Å². The molecule has 0 aromatic heterocycles.